The summed E-state index contributed by atoms with van der Waals surface area (Å²) in [5.41, 5.74) is 3.95. The van der Waals surface area contributed by atoms with E-state index in [1.807, 2.05) is 27.4 Å². The molecule has 1 aliphatic carbocycles. The first-order valence-corrected chi connectivity index (χ1v) is 8.96. The number of rotatable bonds is 11. The van der Waals surface area contributed by atoms with Crippen molar-refractivity contribution in [1.82, 2.24) is 15.3 Å². The van der Waals surface area contributed by atoms with Crippen LogP contribution in [0.2, 0.25) is 0 Å². The summed E-state index contributed by atoms with van der Waals surface area (Å²) in [7, 11) is 5.68. The van der Waals surface area contributed by atoms with E-state index >= 15 is 0 Å². The summed E-state index contributed by atoms with van der Waals surface area (Å²) in [6.07, 6.45) is 17.9. The topological polar surface area (TPSA) is 60.3 Å². The molecule has 0 saturated carbocycles. The van der Waals surface area contributed by atoms with Gasteiger partial charge in [-0.1, -0.05) is 12.2 Å². The zero-order chi connectivity index (χ0) is 19.2. The monoisotopic (exact) mass is 357 g/mol. The molecular weight excluding hydrogens is 326 g/mol. The summed E-state index contributed by atoms with van der Waals surface area (Å²) in [5.74, 6) is 0. The largest absolute Gasteiger partial charge is 0.388 e. The fourth-order valence-corrected chi connectivity index (χ4v) is 2.65. The van der Waals surface area contributed by atoms with Crippen LogP contribution in [0.4, 0.5) is 0 Å². The minimum absolute atomic E-state index is 0.509. The molecule has 0 atom stereocenters. The summed E-state index contributed by atoms with van der Waals surface area (Å²) in [6, 6.07) is 0. The quantitative estimate of drug-likeness (QED) is 0.267. The molecule has 1 rings (SSSR count). The first kappa shape index (κ1) is 21.4. The van der Waals surface area contributed by atoms with Gasteiger partial charge in [0.25, 0.3) is 0 Å². The van der Waals surface area contributed by atoms with E-state index in [4.69, 9.17) is 0 Å². The number of hydrazone groups is 2. The maximum atomic E-state index is 10.6. The van der Waals surface area contributed by atoms with Crippen LogP contribution < -0.4 is 5.32 Å². The van der Waals surface area contributed by atoms with E-state index in [9.17, 15) is 4.79 Å². The number of allylic oxidation sites excluding steroid dienone is 6. The Balaban J connectivity index is 2.65. The average molecular weight is 358 g/mol. The first-order valence-electron chi connectivity index (χ1n) is 8.96. The molecule has 1 aliphatic rings. The fourth-order valence-electron chi connectivity index (χ4n) is 2.65. The van der Waals surface area contributed by atoms with Gasteiger partial charge in [0.15, 0.2) is 0 Å². The van der Waals surface area contributed by atoms with Crippen LogP contribution in [0, 0.1) is 0 Å². The molecule has 0 heterocycles. The number of carbonyl (C=O) groups excluding carboxylic acids is 1. The van der Waals surface area contributed by atoms with Gasteiger partial charge in [-0.2, -0.15) is 10.2 Å². The number of hydrogen-bond donors (Lipinski definition) is 1. The van der Waals surface area contributed by atoms with E-state index in [-0.39, 0.29) is 0 Å². The van der Waals surface area contributed by atoms with Gasteiger partial charge in [-0.3, -0.25) is 9.80 Å². The fraction of sp³-hybridized carbons (Fsp3) is 0.450. The van der Waals surface area contributed by atoms with Gasteiger partial charge in [0.2, 0.25) is 0 Å². The van der Waals surface area contributed by atoms with Gasteiger partial charge in [-0.15, -0.1) is 0 Å². The third-order valence-electron chi connectivity index (χ3n) is 3.87. The van der Waals surface area contributed by atoms with Gasteiger partial charge < -0.3 is 10.3 Å². The van der Waals surface area contributed by atoms with Crippen molar-refractivity contribution in [3.8, 4) is 0 Å². The number of nitrogens with zero attached hydrogens (tertiary/aromatic N) is 4. The highest BCUT2D eigenvalue weighted by molar-refractivity contribution is 5.65. The van der Waals surface area contributed by atoms with E-state index in [0.717, 1.165) is 32.0 Å². The van der Waals surface area contributed by atoms with Crippen molar-refractivity contribution in [2.45, 2.75) is 32.6 Å². The molecule has 0 spiro atoms. The van der Waals surface area contributed by atoms with Gasteiger partial charge in [-0.05, 0) is 55.9 Å². The molecule has 0 aromatic rings. The number of hydrogen-bond acceptors (Lipinski definition) is 6. The van der Waals surface area contributed by atoms with Crippen LogP contribution in [-0.4, -0.2) is 56.4 Å². The van der Waals surface area contributed by atoms with Crippen LogP contribution in [0.3, 0.4) is 0 Å². The summed E-state index contributed by atoms with van der Waals surface area (Å²) in [6.45, 7) is 2.59. The molecule has 142 valence electrons. The highest BCUT2D eigenvalue weighted by atomic mass is 16.1. The van der Waals surface area contributed by atoms with Crippen molar-refractivity contribution in [2.24, 2.45) is 10.2 Å². The molecule has 0 fully saturated rings. The Kier molecular flexibility index (Phi) is 10.5. The lowest BCUT2D eigenvalue weighted by atomic mass is 9.92. The van der Waals surface area contributed by atoms with Crippen LogP contribution in [-0.2, 0) is 4.79 Å². The van der Waals surface area contributed by atoms with Crippen molar-refractivity contribution in [2.75, 3.05) is 27.7 Å². The van der Waals surface area contributed by atoms with E-state index < -0.39 is 0 Å². The minimum Gasteiger partial charge on any atom is -0.388 e. The first-order chi connectivity index (χ1) is 12.6. The zero-order valence-corrected chi connectivity index (χ0v) is 16.4. The number of aldehydes is 1. The van der Waals surface area contributed by atoms with Crippen molar-refractivity contribution in [1.29, 1.82) is 0 Å². The Bertz CT molecular complexity index is 612. The van der Waals surface area contributed by atoms with Crippen LogP contribution in [0.15, 0.2) is 57.6 Å². The van der Waals surface area contributed by atoms with Crippen molar-refractivity contribution in [3.63, 3.8) is 0 Å². The summed E-state index contributed by atoms with van der Waals surface area (Å²) in [5, 5.41) is 15.3. The molecule has 26 heavy (non-hydrogen) atoms. The average Bonchev–Trinajstić information content (AvgIpc) is 2.65. The van der Waals surface area contributed by atoms with Crippen molar-refractivity contribution < 1.29 is 4.79 Å². The Hall–Kier alpha value is -2.63. The SMILES string of the molecule is C/C=C(/CC/C=N/N(/C=C\C=O)C/C=N\N(C)C)C1=C(NC)C=CCC1. The maximum absolute atomic E-state index is 10.6. The molecule has 0 unspecified atom stereocenters. The lowest BCUT2D eigenvalue weighted by Crippen LogP contribution is -2.15. The van der Waals surface area contributed by atoms with Gasteiger partial charge in [0, 0.05) is 45.5 Å². The van der Waals surface area contributed by atoms with E-state index in [2.05, 4.69) is 40.7 Å². The summed E-state index contributed by atoms with van der Waals surface area (Å²) < 4.78 is 0. The molecule has 0 radical (unpaired) electrons. The molecule has 6 heteroatoms. The molecule has 0 aliphatic heterocycles. The number of carbonyl (C=O) groups is 1. The number of nitrogens with one attached hydrogen (secondary N) is 1. The van der Waals surface area contributed by atoms with Crippen LogP contribution in [0.1, 0.15) is 32.6 Å². The van der Waals surface area contributed by atoms with Crippen molar-refractivity contribution >= 4 is 18.7 Å². The minimum atomic E-state index is 0.509. The Morgan fingerprint density at radius 3 is 2.77 bits per heavy atom. The Labute approximate surface area is 157 Å². The maximum Gasteiger partial charge on any atom is 0.144 e. The van der Waals surface area contributed by atoms with E-state index in [0.29, 0.717) is 6.54 Å². The smallest absolute Gasteiger partial charge is 0.144 e. The molecular formula is C20H31N5O. The third kappa shape index (κ3) is 7.96. The van der Waals surface area contributed by atoms with Gasteiger partial charge >= 0.3 is 0 Å². The van der Waals surface area contributed by atoms with Gasteiger partial charge in [0.05, 0.1) is 6.54 Å². The molecule has 0 bridgehead atoms. The Morgan fingerprint density at radius 2 is 2.12 bits per heavy atom. The second-order valence-electron chi connectivity index (χ2n) is 5.98. The second kappa shape index (κ2) is 12.7. The molecule has 0 aromatic heterocycles. The summed E-state index contributed by atoms with van der Waals surface area (Å²) in [4.78, 5) is 10.6. The van der Waals surface area contributed by atoms with Crippen LogP contribution in [0.5, 0.6) is 0 Å². The van der Waals surface area contributed by atoms with Crippen LogP contribution >= 0.6 is 0 Å². The van der Waals surface area contributed by atoms with E-state index in [1.165, 1.54) is 22.9 Å². The molecule has 0 amide bonds. The van der Waals surface area contributed by atoms with Crippen LogP contribution in [0.25, 0.3) is 0 Å². The molecule has 6 nitrogen and oxygen atoms in total. The predicted octanol–water partition coefficient (Wildman–Crippen LogP) is 3.08. The lowest BCUT2D eigenvalue weighted by molar-refractivity contribution is -0.104. The third-order valence-corrected chi connectivity index (χ3v) is 3.87. The zero-order valence-electron chi connectivity index (χ0n) is 16.4. The Morgan fingerprint density at radius 1 is 1.31 bits per heavy atom. The lowest BCUT2D eigenvalue weighted by Gasteiger charge is -2.18. The van der Waals surface area contributed by atoms with Crippen molar-refractivity contribution in [3.05, 3.63) is 47.3 Å². The molecule has 1 N–H and O–H groups in total. The summed E-state index contributed by atoms with van der Waals surface area (Å²) >= 11 is 0. The highest BCUT2D eigenvalue weighted by Crippen LogP contribution is 2.26. The normalized spacial score (nSPS) is 15.5. The predicted molar refractivity (Wildman–Crippen MR) is 110 cm³/mol. The van der Waals surface area contributed by atoms with E-state index in [1.54, 1.807) is 22.4 Å². The molecule has 0 saturated heterocycles. The number of likely N-dealkylation sites (N-methyl/N-ethyl adjacent to an activating group) is 1. The van der Waals surface area contributed by atoms with Gasteiger partial charge in [0.1, 0.15) is 6.29 Å². The molecule has 0 aromatic carbocycles. The highest BCUT2D eigenvalue weighted by Gasteiger charge is 2.11. The van der Waals surface area contributed by atoms with Gasteiger partial charge in [-0.25, -0.2) is 0 Å². The standard InChI is InChI=1S/C20H31N5O/c1-5-18(19-11-6-7-12-20(19)21-2)10-8-13-23-25(15-9-17-26)16-14-22-24(3)4/h5,7,9,12-15,17,21H,6,8,10-11,16H2,1-4H3/b15-9-,18-5-,22-14-,23-13+. The second-order valence-corrected chi connectivity index (χ2v) is 5.98.